The number of nitrogens with one attached hydrogen (secondary N) is 1. The van der Waals surface area contributed by atoms with Gasteiger partial charge in [0.25, 0.3) is 11.5 Å². The Balaban J connectivity index is 1.56. The molecule has 8 heteroatoms. The van der Waals surface area contributed by atoms with Crippen LogP contribution in [0.25, 0.3) is 10.6 Å². The highest BCUT2D eigenvalue weighted by atomic mass is 32.1. The molecule has 24 heavy (non-hydrogen) atoms. The van der Waals surface area contributed by atoms with Crippen LogP contribution in [0, 0.1) is 0 Å². The summed E-state index contributed by atoms with van der Waals surface area (Å²) in [6, 6.07) is 8.78. The minimum Gasteiger partial charge on any atom is -0.351 e. The zero-order valence-corrected chi connectivity index (χ0v) is 14.0. The topological polar surface area (TPSA) is 81.8 Å². The summed E-state index contributed by atoms with van der Waals surface area (Å²) in [5.41, 5.74) is 1.15. The van der Waals surface area contributed by atoms with E-state index in [0.29, 0.717) is 25.2 Å². The number of carbonyl (C=O) groups excluding carboxylic acids is 1. The van der Waals surface area contributed by atoms with Gasteiger partial charge in [-0.25, -0.2) is 4.68 Å². The molecule has 124 valence electrons. The molecule has 0 bridgehead atoms. The molecular weight excluding hydrogens is 326 g/mol. The molecule has 3 rings (SSSR count). The van der Waals surface area contributed by atoms with Crippen molar-refractivity contribution in [1.82, 2.24) is 24.9 Å². The minimum absolute atomic E-state index is 0.143. The predicted octanol–water partition coefficient (Wildman–Crippen LogP) is 1.53. The van der Waals surface area contributed by atoms with E-state index < -0.39 is 0 Å². The molecule has 0 saturated carbocycles. The normalized spacial score (nSPS) is 10.7. The van der Waals surface area contributed by atoms with Gasteiger partial charge in [-0.2, -0.15) is 10.2 Å². The van der Waals surface area contributed by atoms with E-state index in [-0.39, 0.29) is 11.5 Å². The third kappa shape index (κ3) is 3.60. The van der Waals surface area contributed by atoms with Crippen LogP contribution in [0.2, 0.25) is 0 Å². The van der Waals surface area contributed by atoms with E-state index >= 15 is 0 Å². The molecule has 0 radical (unpaired) electrons. The second kappa shape index (κ2) is 7.22. The standard InChI is InChI=1S/C16H17N5O2S/c1-20-13(11-12(19-20)14-5-3-10-24-14)16(23)17-7-4-9-21-15(22)6-2-8-18-21/h2-3,5-6,8,10-11H,4,7,9H2,1H3,(H,17,23). The number of hydrogen-bond acceptors (Lipinski definition) is 5. The van der Waals surface area contributed by atoms with Gasteiger partial charge in [0.15, 0.2) is 0 Å². The van der Waals surface area contributed by atoms with Gasteiger partial charge in [-0.1, -0.05) is 6.07 Å². The fraction of sp³-hybridized carbons (Fsp3) is 0.250. The minimum atomic E-state index is -0.179. The van der Waals surface area contributed by atoms with E-state index in [9.17, 15) is 9.59 Å². The Labute approximate surface area is 142 Å². The molecule has 0 atom stereocenters. The van der Waals surface area contributed by atoms with Crippen LogP contribution >= 0.6 is 11.3 Å². The summed E-state index contributed by atoms with van der Waals surface area (Å²) in [7, 11) is 1.75. The molecule has 1 amide bonds. The highest BCUT2D eigenvalue weighted by molar-refractivity contribution is 7.13. The summed E-state index contributed by atoms with van der Waals surface area (Å²) >= 11 is 1.58. The largest absolute Gasteiger partial charge is 0.351 e. The number of amides is 1. The molecule has 3 aromatic rings. The van der Waals surface area contributed by atoms with Crippen LogP contribution in [0.15, 0.2) is 46.7 Å². The number of hydrogen-bond donors (Lipinski definition) is 1. The Bertz CT molecular complexity index is 882. The van der Waals surface area contributed by atoms with Gasteiger partial charge in [-0.15, -0.1) is 11.3 Å². The van der Waals surface area contributed by atoms with Crippen molar-refractivity contribution < 1.29 is 4.79 Å². The van der Waals surface area contributed by atoms with E-state index in [4.69, 9.17) is 0 Å². The smallest absolute Gasteiger partial charge is 0.269 e. The summed E-state index contributed by atoms with van der Waals surface area (Å²) in [4.78, 5) is 24.8. The lowest BCUT2D eigenvalue weighted by Crippen LogP contribution is -2.29. The van der Waals surface area contributed by atoms with Crippen LogP contribution in [0.4, 0.5) is 0 Å². The van der Waals surface area contributed by atoms with Gasteiger partial charge in [-0.05, 0) is 30.0 Å². The molecule has 3 aromatic heterocycles. The third-order valence-electron chi connectivity index (χ3n) is 3.50. The molecule has 1 N–H and O–H groups in total. The number of thiophene rings is 1. The van der Waals surface area contributed by atoms with E-state index in [1.165, 1.54) is 10.7 Å². The van der Waals surface area contributed by atoms with Crippen molar-refractivity contribution in [1.29, 1.82) is 0 Å². The van der Waals surface area contributed by atoms with E-state index in [2.05, 4.69) is 15.5 Å². The lowest BCUT2D eigenvalue weighted by Gasteiger charge is -2.06. The van der Waals surface area contributed by atoms with E-state index in [1.807, 2.05) is 17.5 Å². The Morgan fingerprint density at radius 2 is 2.21 bits per heavy atom. The summed E-state index contributed by atoms with van der Waals surface area (Å²) in [5.74, 6) is -0.179. The molecule has 7 nitrogen and oxygen atoms in total. The lowest BCUT2D eigenvalue weighted by atomic mass is 10.3. The Hall–Kier alpha value is -2.74. The maximum Gasteiger partial charge on any atom is 0.269 e. The first kappa shape index (κ1) is 16.1. The van der Waals surface area contributed by atoms with Crippen molar-refractivity contribution in [3.05, 3.63) is 58.0 Å². The zero-order valence-electron chi connectivity index (χ0n) is 13.2. The van der Waals surface area contributed by atoms with Gasteiger partial charge in [0.2, 0.25) is 0 Å². The second-order valence-corrected chi connectivity index (χ2v) is 6.16. The van der Waals surface area contributed by atoms with Crippen LogP contribution in [0.5, 0.6) is 0 Å². The van der Waals surface area contributed by atoms with Crippen molar-refractivity contribution in [3.63, 3.8) is 0 Å². The molecule has 0 aliphatic rings. The van der Waals surface area contributed by atoms with Crippen LogP contribution in [-0.4, -0.2) is 32.0 Å². The first-order valence-corrected chi connectivity index (χ1v) is 8.41. The van der Waals surface area contributed by atoms with Gasteiger partial charge < -0.3 is 5.32 Å². The molecule has 0 unspecified atom stereocenters. The first-order valence-electron chi connectivity index (χ1n) is 7.53. The number of aromatic nitrogens is 4. The molecule has 0 aliphatic heterocycles. The number of nitrogens with zero attached hydrogens (tertiary/aromatic N) is 4. The molecule has 0 spiro atoms. The van der Waals surface area contributed by atoms with E-state index in [1.54, 1.807) is 41.4 Å². The highest BCUT2D eigenvalue weighted by Gasteiger charge is 2.14. The lowest BCUT2D eigenvalue weighted by molar-refractivity contribution is 0.0943. The van der Waals surface area contributed by atoms with Crippen molar-refractivity contribution in [2.45, 2.75) is 13.0 Å². The van der Waals surface area contributed by atoms with E-state index in [0.717, 1.165) is 10.6 Å². The van der Waals surface area contributed by atoms with Crippen LogP contribution < -0.4 is 10.9 Å². The van der Waals surface area contributed by atoms with Gasteiger partial charge >= 0.3 is 0 Å². The first-order chi connectivity index (χ1) is 11.6. The number of aryl methyl sites for hydroxylation is 2. The fourth-order valence-electron chi connectivity index (χ4n) is 2.30. The Morgan fingerprint density at radius 1 is 1.33 bits per heavy atom. The SMILES string of the molecule is Cn1nc(-c2cccs2)cc1C(=O)NCCCn1ncccc1=O. The summed E-state index contributed by atoms with van der Waals surface area (Å²) < 4.78 is 2.96. The van der Waals surface area contributed by atoms with Crippen LogP contribution in [0.1, 0.15) is 16.9 Å². The molecule has 3 heterocycles. The summed E-state index contributed by atoms with van der Waals surface area (Å²) in [6.07, 6.45) is 2.19. The van der Waals surface area contributed by atoms with Crippen molar-refractivity contribution in [2.24, 2.45) is 7.05 Å². The zero-order chi connectivity index (χ0) is 16.9. The van der Waals surface area contributed by atoms with Crippen molar-refractivity contribution >= 4 is 17.2 Å². The van der Waals surface area contributed by atoms with Gasteiger partial charge in [0, 0.05) is 32.4 Å². The van der Waals surface area contributed by atoms with Crippen LogP contribution in [-0.2, 0) is 13.6 Å². The predicted molar refractivity (Wildman–Crippen MR) is 92.0 cm³/mol. The average Bonchev–Trinajstić information content (AvgIpc) is 3.22. The molecule has 0 saturated heterocycles. The van der Waals surface area contributed by atoms with Gasteiger partial charge in [0.05, 0.1) is 4.88 Å². The maximum absolute atomic E-state index is 12.3. The Morgan fingerprint density at radius 3 is 2.96 bits per heavy atom. The maximum atomic E-state index is 12.3. The summed E-state index contributed by atoms with van der Waals surface area (Å²) in [6.45, 7) is 0.924. The molecule has 0 fully saturated rings. The van der Waals surface area contributed by atoms with Gasteiger partial charge in [0.1, 0.15) is 11.4 Å². The quantitative estimate of drug-likeness (QED) is 0.688. The Kier molecular flexibility index (Phi) is 4.85. The van der Waals surface area contributed by atoms with Crippen molar-refractivity contribution in [3.8, 4) is 10.6 Å². The van der Waals surface area contributed by atoms with Gasteiger partial charge in [-0.3, -0.25) is 14.3 Å². The average molecular weight is 343 g/mol. The summed E-state index contributed by atoms with van der Waals surface area (Å²) in [5, 5.41) is 13.2. The highest BCUT2D eigenvalue weighted by Crippen LogP contribution is 2.23. The third-order valence-corrected chi connectivity index (χ3v) is 4.40. The number of rotatable bonds is 6. The molecule has 0 aromatic carbocycles. The van der Waals surface area contributed by atoms with Crippen LogP contribution in [0.3, 0.4) is 0 Å². The fourth-order valence-corrected chi connectivity index (χ4v) is 2.98. The molecule has 0 aliphatic carbocycles. The monoisotopic (exact) mass is 343 g/mol. The van der Waals surface area contributed by atoms with Crippen molar-refractivity contribution in [2.75, 3.05) is 6.54 Å². The number of carbonyl (C=O) groups is 1. The second-order valence-electron chi connectivity index (χ2n) is 5.21. The molecular formula is C16H17N5O2S.